The maximum atomic E-state index is 13.5. The van der Waals surface area contributed by atoms with E-state index in [1.807, 2.05) is 13.8 Å². The maximum absolute atomic E-state index is 13.5. The van der Waals surface area contributed by atoms with Crippen LogP contribution >= 0.6 is 0 Å². The molecule has 0 spiro atoms. The van der Waals surface area contributed by atoms with Crippen LogP contribution in [0, 0.1) is 11.6 Å². The van der Waals surface area contributed by atoms with E-state index in [-0.39, 0.29) is 17.9 Å². The number of nitrogens with two attached hydrogens (primary N) is 1. The second-order valence-corrected chi connectivity index (χ2v) is 5.44. The van der Waals surface area contributed by atoms with Gasteiger partial charge >= 0.3 is 0 Å². The zero-order chi connectivity index (χ0) is 14.6. The SMILES string of the molecule is CC(NC(=O)CCC(C)(C)N)c1ccc(F)cc1F. The van der Waals surface area contributed by atoms with Gasteiger partial charge in [0.15, 0.2) is 0 Å². The van der Waals surface area contributed by atoms with Gasteiger partial charge < -0.3 is 11.1 Å². The molecule has 19 heavy (non-hydrogen) atoms. The standard InChI is InChI=1S/C14H20F2N2O/c1-9(11-5-4-10(15)8-12(11)16)18-13(19)6-7-14(2,3)17/h4-5,8-9H,6-7,17H2,1-3H3,(H,18,19). The first-order chi connectivity index (χ1) is 8.69. The summed E-state index contributed by atoms with van der Waals surface area (Å²) in [6.45, 7) is 5.33. The molecule has 0 heterocycles. The number of halogens is 2. The van der Waals surface area contributed by atoms with Crippen LogP contribution in [0.15, 0.2) is 18.2 Å². The number of carbonyl (C=O) groups excluding carboxylic acids is 1. The molecule has 0 aliphatic rings. The summed E-state index contributed by atoms with van der Waals surface area (Å²) in [6.07, 6.45) is 0.814. The summed E-state index contributed by atoms with van der Waals surface area (Å²) >= 11 is 0. The zero-order valence-electron chi connectivity index (χ0n) is 11.5. The van der Waals surface area contributed by atoms with Crippen molar-refractivity contribution in [3.63, 3.8) is 0 Å². The lowest BCUT2D eigenvalue weighted by molar-refractivity contribution is -0.122. The fourth-order valence-electron chi connectivity index (χ4n) is 1.68. The summed E-state index contributed by atoms with van der Waals surface area (Å²) in [4.78, 5) is 11.7. The molecule has 0 radical (unpaired) electrons. The third-order valence-electron chi connectivity index (χ3n) is 2.80. The smallest absolute Gasteiger partial charge is 0.220 e. The lowest BCUT2D eigenvalue weighted by Gasteiger charge is -2.19. The van der Waals surface area contributed by atoms with Crippen molar-refractivity contribution in [1.82, 2.24) is 5.32 Å². The van der Waals surface area contributed by atoms with E-state index in [4.69, 9.17) is 5.73 Å². The highest BCUT2D eigenvalue weighted by atomic mass is 19.1. The predicted molar refractivity (Wildman–Crippen MR) is 70.4 cm³/mol. The fourth-order valence-corrected chi connectivity index (χ4v) is 1.68. The van der Waals surface area contributed by atoms with Gasteiger partial charge in [0.05, 0.1) is 6.04 Å². The van der Waals surface area contributed by atoms with Crippen molar-refractivity contribution in [2.45, 2.75) is 45.2 Å². The molecule has 106 valence electrons. The number of benzene rings is 1. The van der Waals surface area contributed by atoms with Crippen molar-refractivity contribution in [2.24, 2.45) is 5.73 Å². The minimum atomic E-state index is -0.660. The molecule has 5 heteroatoms. The maximum Gasteiger partial charge on any atom is 0.220 e. The molecule has 1 atom stereocenters. The van der Waals surface area contributed by atoms with Gasteiger partial charge in [0.2, 0.25) is 5.91 Å². The van der Waals surface area contributed by atoms with Crippen LogP contribution in [-0.2, 0) is 4.79 Å². The Morgan fingerprint density at radius 3 is 2.58 bits per heavy atom. The molecule has 0 aromatic heterocycles. The third-order valence-corrected chi connectivity index (χ3v) is 2.80. The quantitative estimate of drug-likeness (QED) is 0.864. The molecule has 0 fully saturated rings. The Labute approximate surface area is 112 Å². The predicted octanol–water partition coefficient (Wildman–Crippen LogP) is 2.66. The molecule has 1 aromatic rings. The van der Waals surface area contributed by atoms with Crippen LogP contribution in [0.2, 0.25) is 0 Å². The van der Waals surface area contributed by atoms with Gasteiger partial charge in [-0.25, -0.2) is 8.78 Å². The first-order valence-corrected chi connectivity index (χ1v) is 6.22. The summed E-state index contributed by atoms with van der Waals surface area (Å²) in [5.41, 5.74) is 5.64. The van der Waals surface area contributed by atoms with Crippen LogP contribution in [0.4, 0.5) is 8.78 Å². The number of hydrogen-bond donors (Lipinski definition) is 2. The van der Waals surface area contributed by atoms with Gasteiger partial charge in [-0.15, -0.1) is 0 Å². The molecule has 1 unspecified atom stereocenters. The Morgan fingerprint density at radius 1 is 1.42 bits per heavy atom. The van der Waals surface area contributed by atoms with Crippen LogP contribution < -0.4 is 11.1 Å². The molecule has 0 bridgehead atoms. The largest absolute Gasteiger partial charge is 0.349 e. The number of hydrogen-bond acceptors (Lipinski definition) is 2. The van der Waals surface area contributed by atoms with Crippen LogP contribution in [0.3, 0.4) is 0 Å². The molecule has 3 N–H and O–H groups in total. The number of rotatable bonds is 5. The topological polar surface area (TPSA) is 55.1 Å². The molecule has 1 aromatic carbocycles. The molecular formula is C14H20F2N2O. The van der Waals surface area contributed by atoms with Gasteiger partial charge in [0.25, 0.3) is 0 Å². The highest BCUT2D eigenvalue weighted by Gasteiger charge is 2.17. The first kappa shape index (κ1) is 15.6. The summed E-state index contributed by atoms with van der Waals surface area (Å²) in [7, 11) is 0. The van der Waals surface area contributed by atoms with E-state index in [1.165, 1.54) is 12.1 Å². The monoisotopic (exact) mass is 270 g/mol. The molecule has 1 amide bonds. The number of amides is 1. The highest BCUT2D eigenvalue weighted by Crippen LogP contribution is 2.18. The average Bonchev–Trinajstić information content (AvgIpc) is 2.25. The van der Waals surface area contributed by atoms with E-state index < -0.39 is 23.2 Å². The Balaban J connectivity index is 2.59. The summed E-state index contributed by atoms with van der Waals surface area (Å²) < 4.78 is 26.3. The lowest BCUT2D eigenvalue weighted by Crippen LogP contribution is -2.35. The van der Waals surface area contributed by atoms with Crippen LogP contribution in [0.5, 0.6) is 0 Å². The van der Waals surface area contributed by atoms with Gasteiger partial charge in [0, 0.05) is 23.6 Å². The van der Waals surface area contributed by atoms with Crippen molar-refractivity contribution in [3.05, 3.63) is 35.4 Å². The lowest BCUT2D eigenvalue weighted by atomic mass is 9.99. The van der Waals surface area contributed by atoms with Gasteiger partial charge in [0.1, 0.15) is 11.6 Å². The summed E-state index contributed by atoms with van der Waals surface area (Å²) in [5, 5.41) is 2.67. The van der Waals surface area contributed by atoms with Gasteiger partial charge in [-0.05, 0) is 33.3 Å². The van der Waals surface area contributed by atoms with E-state index in [1.54, 1.807) is 6.92 Å². The Morgan fingerprint density at radius 2 is 2.05 bits per heavy atom. The van der Waals surface area contributed by atoms with E-state index in [0.717, 1.165) is 6.07 Å². The Bertz CT molecular complexity index is 455. The fraction of sp³-hybridized carbons (Fsp3) is 0.500. The Hall–Kier alpha value is -1.49. The van der Waals surface area contributed by atoms with Crippen molar-refractivity contribution < 1.29 is 13.6 Å². The molecule has 3 nitrogen and oxygen atoms in total. The van der Waals surface area contributed by atoms with Crippen LogP contribution in [0.25, 0.3) is 0 Å². The van der Waals surface area contributed by atoms with Crippen LogP contribution in [-0.4, -0.2) is 11.4 Å². The van der Waals surface area contributed by atoms with Crippen molar-refractivity contribution in [2.75, 3.05) is 0 Å². The minimum Gasteiger partial charge on any atom is -0.349 e. The van der Waals surface area contributed by atoms with Gasteiger partial charge in [-0.1, -0.05) is 6.07 Å². The van der Waals surface area contributed by atoms with Crippen LogP contribution in [0.1, 0.15) is 45.2 Å². The molecule has 0 saturated heterocycles. The van der Waals surface area contributed by atoms with Gasteiger partial charge in [-0.2, -0.15) is 0 Å². The van der Waals surface area contributed by atoms with E-state index in [2.05, 4.69) is 5.32 Å². The summed E-state index contributed by atoms with van der Waals surface area (Å²) in [5.74, 6) is -1.49. The van der Waals surface area contributed by atoms with Crippen molar-refractivity contribution >= 4 is 5.91 Å². The average molecular weight is 270 g/mol. The minimum absolute atomic E-state index is 0.199. The molecule has 0 saturated carbocycles. The van der Waals surface area contributed by atoms with E-state index >= 15 is 0 Å². The normalized spacial score (nSPS) is 13.2. The van der Waals surface area contributed by atoms with Crippen molar-refractivity contribution in [3.8, 4) is 0 Å². The second kappa shape index (κ2) is 6.10. The molecule has 0 aliphatic carbocycles. The Kier molecular flexibility index (Phi) is 5.00. The van der Waals surface area contributed by atoms with E-state index in [0.29, 0.717) is 6.42 Å². The second-order valence-electron chi connectivity index (χ2n) is 5.44. The molecule has 0 aliphatic heterocycles. The zero-order valence-corrected chi connectivity index (χ0v) is 11.5. The number of carbonyl (C=O) groups is 1. The van der Waals surface area contributed by atoms with Gasteiger partial charge in [-0.3, -0.25) is 4.79 Å². The highest BCUT2D eigenvalue weighted by molar-refractivity contribution is 5.76. The number of nitrogens with one attached hydrogen (secondary N) is 1. The third kappa shape index (κ3) is 5.34. The molecular weight excluding hydrogens is 250 g/mol. The first-order valence-electron chi connectivity index (χ1n) is 6.22. The summed E-state index contributed by atoms with van der Waals surface area (Å²) in [6, 6.07) is 2.81. The molecule has 1 rings (SSSR count). The van der Waals surface area contributed by atoms with Crippen molar-refractivity contribution in [1.29, 1.82) is 0 Å². The van der Waals surface area contributed by atoms with E-state index in [9.17, 15) is 13.6 Å².